The first-order chi connectivity index (χ1) is 17.3. The number of benzene rings is 2. The summed E-state index contributed by atoms with van der Waals surface area (Å²) in [5.41, 5.74) is 2.10. The van der Waals surface area contributed by atoms with Crippen molar-refractivity contribution in [3.63, 3.8) is 0 Å². The number of hydrogen-bond donors (Lipinski definition) is 2. The molecule has 7 nitrogen and oxygen atoms in total. The fourth-order valence-electron chi connectivity index (χ4n) is 3.85. The number of imidazole rings is 2. The number of alkyl halides is 3. The minimum Gasteiger partial charge on any atom is -0.348 e. The highest BCUT2D eigenvalue weighted by atomic mass is 19.4. The van der Waals surface area contributed by atoms with Crippen LogP contribution in [0.15, 0.2) is 73.2 Å². The predicted molar refractivity (Wildman–Crippen MR) is 125 cm³/mol. The van der Waals surface area contributed by atoms with Crippen LogP contribution in [0.3, 0.4) is 0 Å². The van der Waals surface area contributed by atoms with Crippen LogP contribution >= 0.6 is 0 Å². The highest BCUT2D eigenvalue weighted by molar-refractivity contribution is 6.07. The smallest absolute Gasteiger partial charge is 0.348 e. The van der Waals surface area contributed by atoms with E-state index in [4.69, 9.17) is 0 Å². The largest absolute Gasteiger partial charge is 0.416 e. The molecule has 180 valence electrons. The van der Waals surface area contributed by atoms with Crippen LogP contribution in [0.5, 0.6) is 0 Å². The van der Waals surface area contributed by atoms with Gasteiger partial charge in [0.25, 0.3) is 0 Å². The molecule has 0 saturated heterocycles. The summed E-state index contributed by atoms with van der Waals surface area (Å²) in [6.45, 7) is 0. The van der Waals surface area contributed by atoms with Gasteiger partial charge in [-0.2, -0.15) is 13.2 Å². The fourth-order valence-corrected chi connectivity index (χ4v) is 3.85. The number of hydrogen-bond acceptors (Lipinski definition) is 5. The van der Waals surface area contributed by atoms with Gasteiger partial charge in [0, 0.05) is 35.3 Å². The number of Topliss-reactive ketones (excluding diaryl/α,β-unsaturated/α-hetero) is 2. The van der Waals surface area contributed by atoms with Gasteiger partial charge in [0.05, 0.1) is 35.1 Å². The lowest BCUT2D eigenvalue weighted by Gasteiger charge is -2.07. The molecule has 0 aliphatic rings. The Morgan fingerprint density at radius 2 is 1.64 bits per heavy atom. The maximum absolute atomic E-state index is 12.8. The number of fused-ring (bicyclic) bond motifs is 1. The summed E-state index contributed by atoms with van der Waals surface area (Å²) >= 11 is 0. The molecule has 0 bridgehead atoms. The molecule has 2 N–H and O–H groups in total. The zero-order valence-electron chi connectivity index (χ0n) is 18.6. The highest BCUT2D eigenvalue weighted by Crippen LogP contribution is 2.30. The first-order valence-corrected chi connectivity index (χ1v) is 10.9. The molecular weight excluding hydrogens is 471 g/mol. The summed E-state index contributed by atoms with van der Waals surface area (Å²) in [4.78, 5) is 44.4. The normalized spacial score (nSPS) is 11.6. The van der Waals surface area contributed by atoms with Crippen molar-refractivity contribution in [1.82, 2.24) is 24.9 Å². The monoisotopic (exact) mass is 489 g/mol. The Morgan fingerprint density at radius 1 is 0.861 bits per heavy atom. The van der Waals surface area contributed by atoms with Crippen LogP contribution in [-0.4, -0.2) is 36.5 Å². The van der Waals surface area contributed by atoms with Crippen LogP contribution < -0.4 is 0 Å². The van der Waals surface area contributed by atoms with E-state index in [0.717, 1.165) is 12.1 Å². The lowest BCUT2D eigenvalue weighted by molar-refractivity contribution is -0.137. The van der Waals surface area contributed by atoms with Crippen LogP contribution in [0.25, 0.3) is 22.3 Å². The van der Waals surface area contributed by atoms with Crippen molar-refractivity contribution in [3.05, 3.63) is 102 Å². The summed E-state index contributed by atoms with van der Waals surface area (Å²) in [7, 11) is 0. The number of nitrogens with zero attached hydrogens (tertiary/aromatic N) is 3. The number of nitrogens with one attached hydrogen (secondary N) is 2. The number of H-pyrrole nitrogens is 2. The number of aromatic amines is 2. The number of aromatic nitrogens is 5. The molecule has 3 aromatic heterocycles. The van der Waals surface area contributed by atoms with E-state index in [0.29, 0.717) is 45.1 Å². The van der Waals surface area contributed by atoms with Crippen molar-refractivity contribution in [1.29, 1.82) is 0 Å². The molecule has 5 aromatic rings. The minimum atomic E-state index is -4.41. The summed E-state index contributed by atoms with van der Waals surface area (Å²) in [6.07, 6.45) is 0.257. The Bertz CT molecular complexity index is 1540. The summed E-state index contributed by atoms with van der Waals surface area (Å²) in [5, 5.41) is 0. The SMILES string of the molecule is O=C(Cc1nc2c(C(=O)Cc3ncc[nH]3)cccc2[nH]1)c1ccc(-c2ccc(C(F)(F)F)cc2)nc1. The second-order valence-electron chi connectivity index (χ2n) is 8.13. The third kappa shape index (κ3) is 4.78. The zero-order chi connectivity index (χ0) is 25.3. The second-order valence-corrected chi connectivity index (χ2v) is 8.13. The van der Waals surface area contributed by atoms with Gasteiger partial charge in [0.15, 0.2) is 11.6 Å². The van der Waals surface area contributed by atoms with Crippen molar-refractivity contribution in [3.8, 4) is 11.3 Å². The van der Waals surface area contributed by atoms with E-state index < -0.39 is 11.7 Å². The van der Waals surface area contributed by atoms with E-state index >= 15 is 0 Å². The molecule has 0 aliphatic heterocycles. The van der Waals surface area contributed by atoms with Gasteiger partial charge in [-0.1, -0.05) is 18.2 Å². The van der Waals surface area contributed by atoms with Crippen LogP contribution in [0, 0.1) is 0 Å². The Kier molecular flexibility index (Phi) is 5.93. The summed E-state index contributed by atoms with van der Waals surface area (Å²) in [5.74, 6) is 0.558. The number of ketones is 2. The van der Waals surface area contributed by atoms with E-state index in [9.17, 15) is 22.8 Å². The van der Waals surface area contributed by atoms with Crippen molar-refractivity contribution in [2.75, 3.05) is 0 Å². The van der Waals surface area contributed by atoms with Crippen molar-refractivity contribution in [2.24, 2.45) is 0 Å². The third-order valence-corrected chi connectivity index (χ3v) is 5.67. The number of carbonyl (C=O) groups excluding carboxylic acids is 2. The topological polar surface area (TPSA) is 104 Å². The van der Waals surface area contributed by atoms with Gasteiger partial charge in [0.2, 0.25) is 0 Å². The van der Waals surface area contributed by atoms with E-state index in [2.05, 4.69) is 24.9 Å². The first kappa shape index (κ1) is 23.2. The van der Waals surface area contributed by atoms with E-state index in [1.807, 2.05) is 0 Å². The maximum atomic E-state index is 12.8. The molecule has 0 radical (unpaired) electrons. The quantitative estimate of drug-likeness (QED) is 0.305. The molecule has 0 atom stereocenters. The van der Waals surface area contributed by atoms with Gasteiger partial charge in [-0.05, 0) is 36.4 Å². The second kappa shape index (κ2) is 9.21. The lowest BCUT2D eigenvalue weighted by Crippen LogP contribution is -2.06. The molecule has 2 aromatic carbocycles. The van der Waals surface area contributed by atoms with Crippen molar-refractivity contribution >= 4 is 22.6 Å². The van der Waals surface area contributed by atoms with E-state index in [1.165, 1.54) is 18.3 Å². The Morgan fingerprint density at radius 3 is 2.31 bits per heavy atom. The molecule has 5 rings (SSSR count). The van der Waals surface area contributed by atoms with Crippen LogP contribution in [0.2, 0.25) is 0 Å². The lowest BCUT2D eigenvalue weighted by atomic mass is 10.1. The molecule has 10 heteroatoms. The van der Waals surface area contributed by atoms with Crippen LogP contribution in [0.4, 0.5) is 13.2 Å². The molecule has 36 heavy (non-hydrogen) atoms. The summed E-state index contributed by atoms with van der Waals surface area (Å²) in [6, 6.07) is 13.0. The maximum Gasteiger partial charge on any atom is 0.416 e. The van der Waals surface area contributed by atoms with E-state index in [1.54, 1.807) is 42.7 Å². The molecule has 0 spiro atoms. The molecule has 0 amide bonds. The van der Waals surface area contributed by atoms with Gasteiger partial charge in [-0.15, -0.1) is 0 Å². The average Bonchev–Trinajstić information content (AvgIpc) is 3.52. The molecule has 0 saturated carbocycles. The Labute approximate surface area is 202 Å². The van der Waals surface area contributed by atoms with Gasteiger partial charge >= 0.3 is 6.18 Å². The molecule has 0 unspecified atom stereocenters. The van der Waals surface area contributed by atoms with Crippen LogP contribution in [0.1, 0.15) is 37.9 Å². The zero-order valence-corrected chi connectivity index (χ0v) is 18.6. The molecule has 3 heterocycles. The summed E-state index contributed by atoms with van der Waals surface area (Å²) < 4.78 is 38.3. The molecule has 0 aliphatic carbocycles. The Balaban J connectivity index is 1.31. The third-order valence-electron chi connectivity index (χ3n) is 5.67. The number of carbonyl (C=O) groups is 2. The molecule has 0 fully saturated rings. The van der Waals surface area contributed by atoms with Gasteiger partial charge in [-0.3, -0.25) is 14.6 Å². The number of rotatable bonds is 7. The molecular formula is C26H18F3N5O2. The number of halogens is 3. The van der Waals surface area contributed by atoms with Crippen molar-refractivity contribution in [2.45, 2.75) is 19.0 Å². The van der Waals surface area contributed by atoms with Gasteiger partial charge < -0.3 is 9.97 Å². The predicted octanol–water partition coefficient (Wildman–Crippen LogP) is 5.22. The van der Waals surface area contributed by atoms with Crippen LogP contribution in [-0.2, 0) is 19.0 Å². The number of para-hydroxylation sites is 1. The Hall–Kier alpha value is -4.60. The number of pyridine rings is 1. The minimum absolute atomic E-state index is 0.0399. The standard InChI is InChI=1S/C26H18F3N5O2/c27-26(28,29)17-7-4-15(5-8-17)19-9-6-16(14-32-19)21(35)12-24-33-20-3-1-2-18(25(20)34-24)22(36)13-23-30-10-11-31-23/h1-11,14H,12-13H2,(H,30,31)(H,33,34). The fraction of sp³-hybridized carbons (Fsp3) is 0.115. The van der Waals surface area contributed by atoms with Crippen molar-refractivity contribution < 1.29 is 22.8 Å². The highest BCUT2D eigenvalue weighted by Gasteiger charge is 2.30. The van der Waals surface area contributed by atoms with Gasteiger partial charge in [0.1, 0.15) is 11.6 Å². The first-order valence-electron chi connectivity index (χ1n) is 10.9. The van der Waals surface area contributed by atoms with E-state index in [-0.39, 0.29) is 24.4 Å². The van der Waals surface area contributed by atoms with Gasteiger partial charge in [-0.25, -0.2) is 9.97 Å². The average molecular weight is 489 g/mol.